The van der Waals surface area contributed by atoms with Crippen LogP contribution in [-0.2, 0) is 4.79 Å². The van der Waals surface area contributed by atoms with E-state index in [-0.39, 0.29) is 0 Å². The van der Waals surface area contributed by atoms with Gasteiger partial charge in [0.15, 0.2) is 0 Å². The Kier molecular flexibility index (Phi) is 5.09. The first-order valence-electron chi connectivity index (χ1n) is 6.02. The second kappa shape index (κ2) is 6.11. The predicted molar refractivity (Wildman–Crippen MR) is 62.8 cm³/mol. The van der Waals surface area contributed by atoms with Crippen molar-refractivity contribution in [3.8, 4) is 0 Å². The maximum Gasteiger partial charge on any atom is 0.222 e. The van der Waals surface area contributed by atoms with Gasteiger partial charge in [-0.1, -0.05) is 6.92 Å². The lowest BCUT2D eigenvalue weighted by Gasteiger charge is -2.16. The van der Waals surface area contributed by atoms with Gasteiger partial charge in [0.05, 0.1) is 0 Å². The third-order valence-corrected chi connectivity index (χ3v) is 3.02. The zero-order chi connectivity index (χ0) is 11.3. The molecule has 0 spiro atoms. The van der Waals surface area contributed by atoms with Crippen molar-refractivity contribution < 1.29 is 4.79 Å². The summed E-state index contributed by atoms with van der Waals surface area (Å²) >= 11 is 0. The average molecular weight is 212 g/mol. The number of rotatable bonds is 5. The largest absolute Gasteiger partial charge is 0.342 e. The van der Waals surface area contributed by atoms with Crippen LogP contribution in [0.15, 0.2) is 0 Å². The zero-order valence-electron chi connectivity index (χ0n) is 10.3. The fourth-order valence-electron chi connectivity index (χ4n) is 2.02. The number of hydrogen-bond acceptors (Lipinski definition) is 2. The minimum Gasteiger partial charge on any atom is -0.342 e. The molecule has 1 heterocycles. The molecule has 0 bridgehead atoms. The molecule has 0 aliphatic carbocycles. The van der Waals surface area contributed by atoms with Crippen molar-refractivity contribution in [2.75, 3.05) is 33.7 Å². The summed E-state index contributed by atoms with van der Waals surface area (Å²) < 4.78 is 0. The highest BCUT2D eigenvalue weighted by atomic mass is 16.2. The molecule has 0 N–H and O–H groups in total. The molecule has 1 amide bonds. The molecular formula is C12H24N2O. The maximum atomic E-state index is 11.7. The third-order valence-electron chi connectivity index (χ3n) is 3.02. The summed E-state index contributed by atoms with van der Waals surface area (Å²) in [5, 5.41) is 0. The van der Waals surface area contributed by atoms with Crippen LogP contribution in [-0.4, -0.2) is 49.4 Å². The van der Waals surface area contributed by atoms with Gasteiger partial charge in [-0.15, -0.1) is 0 Å². The van der Waals surface area contributed by atoms with Gasteiger partial charge in [0.2, 0.25) is 5.91 Å². The Hall–Kier alpha value is -0.570. The Morgan fingerprint density at radius 3 is 2.67 bits per heavy atom. The summed E-state index contributed by atoms with van der Waals surface area (Å²) in [6, 6.07) is 0. The van der Waals surface area contributed by atoms with Gasteiger partial charge in [-0.25, -0.2) is 0 Å². The van der Waals surface area contributed by atoms with E-state index in [0.29, 0.717) is 11.8 Å². The normalized spacial score (nSPS) is 21.3. The quantitative estimate of drug-likeness (QED) is 0.646. The van der Waals surface area contributed by atoms with E-state index in [1.807, 2.05) is 4.90 Å². The smallest absolute Gasteiger partial charge is 0.222 e. The highest BCUT2D eigenvalue weighted by molar-refractivity contribution is 5.76. The minimum absolute atomic E-state index is 0.359. The molecule has 1 aliphatic rings. The molecule has 1 atom stereocenters. The fourth-order valence-corrected chi connectivity index (χ4v) is 2.02. The molecule has 1 saturated heterocycles. The Balaban J connectivity index is 2.08. The van der Waals surface area contributed by atoms with Crippen LogP contribution in [0.4, 0.5) is 0 Å². The van der Waals surface area contributed by atoms with Gasteiger partial charge in [-0.05, 0) is 45.8 Å². The van der Waals surface area contributed by atoms with Crippen molar-refractivity contribution >= 4 is 5.91 Å². The summed E-state index contributed by atoms with van der Waals surface area (Å²) in [4.78, 5) is 15.9. The molecule has 0 aromatic carbocycles. The number of likely N-dealkylation sites (tertiary alicyclic amines) is 1. The van der Waals surface area contributed by atoms with E-state index in [0.717, 1.165) is 38.9 Å². The Bertz CT molecular complexity index is 204. The molecule has 0 unspecified atom stereocenters. The van der Waals surface area contributed by atoms with Gasteiger partial charge in [0.25, 0.3) is 0 Å². The van der Waals surface area contributed by atoms with Gasteiger partial charge in [-0.2, -0.15) is 0 Å². The lowest BCUT2D eigenvalue weighted by Crippen LogP contribution is -2.28. The van der Waals surface area contributed by atoms with Crippen molar-refractivity contribution in [3.63, 3.8) is 0 Å². The van der Waals surface area contributed by atoms with Crippen molar-refractivity contribution in [3.05, 3.63) is 0 Å². The number of nitrogens with zero attached hydrogens (tertiary/aromatic N) is 2. The first-order valence-corrected chi connectivity index (χ1v) is 6.02. The van der Waals surface area contributed by atoms with Crippen LogP contribution < -0.4 is 0 Å². The van der Waals surface area contributed by atoms with Crippen molar-refractivity contribution in [2.45, 2.75) is 32.6 Å². The van der Waals surface area contributed by atoms with E-state index in [1.165, 1.54) is 6.42 Å². The lowest BCUT2D eigenvalue weighted by molar-refractivity contribution is -0.130. The number of carbonyl (C=O) groups excluding carboxylic acids is 1. The van der Waals surface area contributed by atoms with Crippen LogP contribution in [0, 0.1) is 5.92 Å². The van der Waals surface area contributed by atoms with Crippen molar-refractivity contribution in [1.29, 1.82) is 0 Å². The van der Waals surface area contributed by atoms with E-state index in [4.69, 9.17) is 0 Å². The number of carbonyl (C=O) groups is 1. The van der Waals surface area contributed by atoms with E-state index >= 15 is 0 Å². The molecule has 1 aliphatic heterocycles. The van der Waals surface area contributed by atoms with E-state index in [9.17, 15) is 4.79 Å². The summed E-state index contributed by atoms with van der Waals surface area (Å²) in [5.41, 5.74) is 0. The van der Waals surface area contributed by atoms with Gasteiger partial charge in [-0.3, -0.25) is 4.79 Å². The molecule has 0 aromatic rings. The summed E-state index contributed by atoms with van der Waals surface area (Å²) in [6.45, 7) is 5.27. The van der Waals surface area contributed by atoms with E-state index in [1.54, 1.807) is 0 Å². The number of unbranched alkanes of at least 4 members (excludes halogenated alkanes) is 1. The third kappa shape index (κ3) is 4.65. The molecule has 15 heavy (non-hydrogen) atoms. The number of amides is 1. The van der Waals surface area contributed by atoms with Crippen LogP contribution >= 0.6 is 0 Å². The molecular weight excluding hydrogens is 188 g/mol. The van der Waals surface area contributed by atoms with Gasteiger partial charge < -0.3 is 9.80 Å². The monoisotopic (exact) mass is 212 g/mol. The maximum absolute atomic E-state index is 11.7. The Morgan fingerprint density at radius 1 is 1.40 bits per heavy atom. The van der Waals surface area contributed by atoms with Gasteiger partial charge in [0, 0.05) is 19.5 Å². The van der Waals surface area contributed by atoms with Crippen molar-refractivity contribution in [2.24, 2.45) is 5.92 Å². The fraction of sp³-hybridized carbons (Fsp3) is 0.917. The molecule has 0 radical (unpaired) electrons. The Morgan fingerprint density at radius 2 is 2.13 bits per heavy atom. The summed E-state index contributed by atoms with van der Waals surface area (Å²) in [6.07, 6.45) is 4.08. The molecule has 0 saturated carbocycles. The first kappa shape index (κ1) is 12.5. The minimum atomic E-state index is 0.359. The van der Waals surface area contributed by atoms with Crippen LogP contribution in [0.5, 0.6) is 0 Å². The topological polar surface area (TPSA) is 23.6 Å². The average Bonchev–Trinajstić information content (AvgIpc) is 2.59. The van der Waals surface area contributed by atoms with E-state index in [2.05, 4.69) is 25.9 Å². The standard InChI is InChI=1S/C12H24N2O/c1-11-7-9-14(10-11)12(15)6-4-5-8-13(2)3/h11H,4-10H2,1-3H3/t11-/m0/s1. The second-order valence-electron chi connectivity index (χ2n) is 4.99. The zero-order valence-corrected chi connectivity index (χ0v) is 10.3. The molecule has 0 aromatic heterocycles. The van der Waals surface area contributed by atoms with E-state index < -0.39 is 0 Å². The SMILES string of the molecule is C[C@H]1CCN(C(=O)CCCCN(C)C)C1. The summed E-state index contributed by atoms with van der Waals surface area (Å²) in [7, 11) is 4.15. The molecule has 1 fully saturated rings. The first-order chi connectivity index (χ1) is 7.09. The highest BCUT2D eigenvalue weighted by Crippen LogP contribution is 2.16. The molecule has 3 nitrogen and oxygen atoms in total. The van der Waals surface area contributed by atoms with Crippen LogP contribution in [0.1, 0.15) is 32.6 Å². The summed E-state index contributed by atoms with van der Waals surface area (Å²) in [5.74, 6) is 1.06. The second-order valence-corrected chi connectivity index (χ2v) is 4.99. The van der Waals surface area contributed by atoms with Crippen molar-refractivity contribution in [1.82, 2.24) is 9.80 Å². The van der Waals surface area contributed by atoms with Crippen LogP contribution in [0.25, 0.3) is 0 Å². The van der Waals surface area contributed by atoms with Gasteiger partial charge >= 0.3 is 0 Å². The molecule has 1 rings (SSSR count). The van der Waals surface area contributed by atoms with Crippen LogP contribution in [0.3, 0.4) is 0 Å². The van der Waals surface area contributed by atoms with Crippen LogP contribution in [0.2, 0.25) is 0 Å². The number of hydrogen-bond donors (Lipinski definition) is 0. The predicted octanol–water partition coefficient (Wildman–Crippen LogP) is 1.59. The molecule has 3 heteroatoms. The van der Waals surface area contributed by atoms with Gasteiger partial charge in [0.1, 0.15) is 0 Å². The molecule has 88 valence electrons. The highest BCUT2D eigenvalue weighted by Gasteiger charge is 2.22. The lowest BCUT2D eigenvalue weighted by atomic mass is 10.2. The Labute approximate surface area is 93.4 Å².